The standard InChI is InChI=1S/C8H5BrClF2NO2/c9-1-3-4(10)2-13-6(7(11)12)5(3)8(14)15/h2,7H,1H2,(H,14,15). The van der Waals surface area contributed by atoms with Gasteiger partial charge in [-0.3, -0.25) is 4.98 Å². The normalized spacial score (nSPS) is 10.7. The Morgan fingerprint density at radius 3 is 2.67 bits per heavy atom. The van der Waals surface area contributed by atoms with Crippen molar-refractivity contribution in [1.82, 2.24) is 4.98 Å². The first kappa shape index (κ1) is 12.3. The number of rotatable bonds is 3. The van der Waals surface area contributed by atoms with Crippen molar-refractivity contribution < 1.29 is 18.7 Å². The van der Waals surface area contributed by atoms with Crippen LogP contribution in [0.4, 0.5) is 8.78 Å². The summed E-state index contributed by atoms with van der Waals surface area (Å²) in [5, 5.41) is 8.93. The Balaban J connectivity index is 3.49. The zero-order chi connectivity index (χ0) is 11.6. The van der Waals surface area contributed by atoms with Crippen molar-refractivity contribution in [3.63, 3.8) is 0 Å². The maximum atomic E-state index is 12.5. The van der Waals surface area contributed by atoms with Crippen LogP contribution < -0.4 is 0 Å². The quantitative estimate of drug-likeness (QED) is 0.872. The highest BCUT2D eigenvalue weighted by Crippen LogP contribution is 2.29. The molecule has 1 N–H and O–H groups in total. The van der Waals surface area contributed by atoms with E-state index in [1.165, 1.54) is 0 Å². The van der Waals surface area contributed by atoms with E-state index in [0.717, 1.165) is 6.20 Å². The lowest BCUT2D eigenvalue weighted by Crippen LogP contribution is -2.09. The number of aromatic nitrogens is 1. The third-order valence-corrected chi connectivity index (χ3v) is 2.60. The van der Waals surface area contributed by atoms with Gasteiger partial charge in [0.05, 0.1) is 10.6 Å². The minimum Gasteiger partial charge on any atom is -0.478 e. The second-order valence-corrected chi connectivity index (χ2v) is 3.55. The van der Waals surface area contributed by atoms with E-state index in [0.29, 0.717) is 0 Å². The van der Waals surface area contributed by atoms with Crippen LogP contribution in [0.15, 0.2) is 6.20 Å². The highest BCUT2D eigenvalue weighted by molar-refractivity contribution is 9.08. The molecule has 0 bridgehead atoms. The third-order valence-electron chi connectivity index (χ3n) is 1.72. The van der Waals surface area contributed by atoms with Crippen molar-refractivity contribution in [1.29, 1.82) is 0 Å². The molecule has 7 heteroatoms. The first-order chi connectivity index (χ1) is 6.99. The molecule has 1 aromatic heterocycles. The number of nitrogens with zero attached hydrogens (tertiary/aromatic N) is 1. The minimum atomic E-state index is -2.94. The van der Waals surface area contributed by atoms with Crippen molar-refractivity contribution in [3.05, 3.63) is 28.0 Å². The Bertz CT molecular complexity index is 400. The molecule has 0 saturated heterocycles. The van der Waals surface area contributed by atoms with Gasteiger partial charge in [-0.25, -0.2) is 13.6 Å². The molecule has 0 spiro atoms. The van der Waals surface area contributed by atoms with Gasteiger partial charge in [0, 0.05) is 11.5 Å². The number of pyridine rings is 1. The van der Waals surface area contributed by atoms with Crippen LogP contribution in [0.3, 0.4) is 0 Å². The summed E-state index contributed by atoms with van der Waals surface area (Å²) >= 11 is 8.64. The van der Waals surface area contributed by atoms with Crippen LogP contribution in [0.2, 0.25) is 5.02 Å². The Morgan fingerprint density at radius 2 is 2.27 bits per heavy atom. The molecule has 1 heterocycles. The second kappa shape index (κ2) is 4.85. The third kappa shape index (κ3) is 2.43. The van der Waals surface area contributed by atoms with Crippen molar-refractivity contribution in [3.8, 4) is 0 Å². The Labute approximate surface area is 97.2 Å². The van der Waals surface area contributed by atoms with Gasteiger partial charge in [-0.05, 0) is 5.56 Å². The molecule has 1 rings (SSSR count). The number of halogens is 4. The fourth-order valence-electron chi connectivity index (χ4n) is 1.08. The molecule has 3 nitrogen and oxygen atoms in total. The Morgan fingerprint density at radius 1 is 1.67 bits per heavy atom. The van der Waals surface area contributed by atoms with E-state index >= 15 is 0 Å². The van der Waals surface area contributed by atoms with Crippen molar-refractivity contribution >= 4 is 33.5 Å². The maximum Gasteiger partial charge on any atom is 0.338 e. The average Bonchev–Trinajstić information content (AvgIpc) is 2.16. The molecule has 0 amide bonds. The van der Waals surface area contributed by atoms with Crippen LogP contribution >= 0.6 is 27.5 Å². The molecule has 0 radical (unpaired) electrons. The van der Waals surface area contributed by atoms with Crippen LogP contribution in [0.5, 0.6) is 0 Å². The van der Waals surface area contributed by atoms with Gasteiger partial charge in [0.2, 0.25) is 0 Å². The van der Waals surface area contributed by atoms with E-state index in [2.05, 4.69) is 20.9 Å². The lowest BCUT2D eigenvalue weighted by atomic mass is 10.1. The topological polar surface area (TPSA) is 50.2 Å². The predicted molar refractivity (Wildman–Crippen MR) is 53.8 cm³/mol. The maximum absolute atomic E-state index is 12.5. The molecule has 0 atom stereocenters. The molecular formula is C8H5BrClF2NO2. The average molecular weight is 300 g/mol. The van der Waals surface area contributed by atoms with E-state index in [9.17, 15) is 13.6 Å². The van der Waals surface area contributed by atoms with Crippen molar-refractivity contribution in [2.24, 2.45) is 0 Å². The summed E-state index contributed by atoms with van der Waals surface area (Å²) in [5.74, 6) is -1.46. The number of hydrogen-bond donors (Lipinski definition) is 1. The van der Waals surface area contributed by atoms with E-state index < -0.39 is 23.7 Å². The van der Waals surface area contributed by atoms with Gasteiger partial charge in [-0.1, -0.05) is 27.5 Å². The largest absolute Gasteiger partial charge is 0.478 e. The molecule has 0 fully saturated rings. The summed E-state index contributed by atoms with van der Waals surface area (Å²) in [6.07, 6.45) is -1.92. The van der Waals surface area contributed by atoms with Gasteiger partial charge in [0.25, 0.3) is 6.43 Å². The fourth-order valence-corrected chi connectivity index (χ4v) is 2.03. The number of carbonyl (C=O) groups is 1. The van der Waals surface area contributed by atoms with E-state index in [-0.39, 0.29) is 15.9 Å². The van der Waals surface area contributed by atoms with Crippen molar-refractivity contribution in [2.75, 3.05) is 0 Å². The van der Waals surface area contributed by atoms with Crippen LogP contribution in [0.25, 0.3) is 0 Å². The van der Waals surface area contributed by atoms with E-state index in [1.807, 2.05) is 0 Å². The first-order valence-corrected chi connectivity index (χ1v) is 5.23. The summed E-state index contributed by atoms with van der Waals surface area (Å²) in [6, 6.07) is 0. The molecule has 0 aromatic carbocycles. The molecular weight excluding hydrogens is 295 g/mol. The predicted octanol–water partition coefficient (Wildman–Crippen LogP) is 3.27. The lowest BCUT2D eigenvalue weighted by molar-refractivity contribution is 0.0681. The van der Waals surface area contributed by atoms with Gasteiger partial charge in [0.15, 0.2) is 0 Å². The number of carboxylic acids is 1. The van der Waals surface area contributed by atoms with Gasteiger partial charge in [0.1, 0.15) is 5.69 Å². The number of alkyl halides is 3. The van der Waals surface area contributed by atoms with Gasteiger partial charge in [-0.2, -0.15) is 0 Å². The van der Waals surface area contributed by atoms with Crippen LogP contribution in [-0.2, 0) is 5.33 Å². The summed E-state index contributed by atoms with van der Waals surface area (Å²) in [6.45, 7) is 0. The first-order valence-electron chi connectivity index (χ1n) is 3.73. The van der Waals surface area contributed by atoms with E-state index in [1.54, 1.807) is 0 Å². The number of hydrogen-bond acceptors (Lipinski definition) is 2. The summed E-state index contributed by atoms with van der Waals surface area (Å²) in [4.78, 5) is 14.1. The summed E-state index contributed by atoms with van der Waals surface area (Å²) in [7, 11) is 0. The molecule has 82 valence electrons. The highest BCUT2D eigenvalue weighted by Gasteiger charge is 2.24. The zero-order valence-corrected chi connectivity index (χ0v) is 9.52. The molecule has 0 unspecified atom stereocenters. The molecule has 0 aliphatic carbocycles. The second-order valence-electron chi connectivity index (χ2n) is 2.58. The number of aromatic carboxylic acids is 1. The molecule has 0 saturated carbocycles. The molecule has 0 aliphatic rings. The van der Waals surface area contributed by atoms with Gasteiger partial charge in [-0.15, -0.1) is 0 Å². The Kier molecular flexibility index (Phi) is 3.98. The SMILES string of the molecule is O=C(O)c1c(C(F)F)ncc(Cl)c1CBr. The van der Waals surface area contributed by atoms with Crippen LogP contribution in [0, 0.1) is 0 Å². The molecule has 0 aliphatic heterocycles. The number of carboxylic acid groups (broad SMARTS) is 1. The van der Waals surface area contributed by atoms with Gasteiger partial charge >= 0.3 is 5.97 Å². The summed E-state index contributed by atoms with van der Waals surface area (Å²) < 4.78 is 24.9. The molecule has 1 aromatic rings. The smallest absolute Gasteiger partial charge is 0.338 e. The zero-order valence-electron chi connectivity index (χ0n) is 7.18. The molecule has 15 heavy (non-hydrogen) atoms. The minimum absolute atomic E-state index is 0.0497. The van der Waals surface area contributed by atoms with Crippen LogP contribution in [-0.4, -0.2) is 16.1 Å². The fraction of sp³-hybridized carbons (Fsp3) is 0.250. The summed E-state index contributed by atoms with van der Waals surface area (Å²) in [5.41, 5.74) is -1.19. The monoisotopic (exact) mass is 299 g/mol. The highest BCUT2D eigenvalue weighted by atomic mass is 79.9. The lowest BCUT2D eigenvalue weighted by Gasteiger charge is -2.09. The van der Waals surface area contributed by atoms with E-state index in [4.69, 9.17) is 16.7 Å². The van der Waals surface area contributed by atoms with Crippen molar-refractivity contribution in [2.45, 2.75) is 11.8 Å². The van der Waals surface area contributed by atoms with Crippen LogP contribution in [0.1, 0.15) is 28.0 Å². The van der Waals surface area contributed by atoms with Gasteiger partial charge < -0.3 is 5.11 Å². The Hall–Kier alpha value is -0.750.